The van der Waals surface area contributed by atoms with Crippen LogP contribution < -0.4 is 14.6 Å². The zero-order valence-corrected chi connectivity index (χ0v) is 26.8. The van der Waals surface area contributed by atoms with Gasteiger partial charge in [-0.15, -0.1) is 0 Å². The van der Waals surface area contributed by atoms with Crippen LogP contribution in [0.25, 0.3) is 0 Å². The monoisotopic (exact) mass is 614 g/mol. The number of aldehydes is 1. The summed E-state index contributed by atoms with van der Waals surface area (Å²) in [5.41, 5.74) is -0.0407. The van der Waals surface area contributed by atoms with Crippen molar-refractivity contribution in [3.63, 3.8) is 0 Å². The van der Waals surface area contributed by atoms with Gasteiger partial charge in [-0.2, -0.15) is 0 Å². The summed E-state index contributed by atoms with van der Waals surface area (Å²) in [4.78, 5) is 47.9. The number of ether oxygens (including phenoxy) is 4. The molecule has 222 valence electrons. The van der Waals surface area contributed by atoms with Crippen molar-refractivity contribution in [1.82, 2.24) is 4.98 Å². The minimum Gasteiger partial charge on any atom is -0.497 e. The zero-order chi connectivity index (χ0) is 30.2. The second-order valence-corrected chi connectivity index (χ2v) is 23.8. The maximum atomic E-state index is 13.3. The van der Waals surface area contributed by atoms with E-state index in [4.69, 9.17) is 23.5 Å². The molecule has 0 saturated carbocycles. The Labute approximate surface area is 236 Å². The first-order chi connectivity index (χ1) is 18.5. The molecule has 2 aromatic rings. The summed E-state index contributed by atoms with van der Waals surface area (Å²) in [7, 11) is -7.00. The molecule has 40 heavy (non-hydrogen) atoms. The molecule has 2 rings (SSSR count). The summed E-state index contributed by atoms with van der Waals surface area (Å²) in [6.45, 7) is 13.0. The number of nitrogens with zero attached hydrogens (tertiary/aromatic N) is 1. The van der Waals surface area contributed by atoms with Gasteiger partial charge in [0.2, 0.25) is 0 Å². The molecule has 0 radical (unpaired) electrons. The van der Waals surface area contributed by atoms with Crippen LogP contribution in [0, 0.1) is 0 Å². The molecule has 0 spiro atoms. The maximum absolute atomic E-state index is 13.3. The highest BCUT2D eigenvalue weighted by Gasteiger charge is 2.44. The van der Waals surface area contributed by atoms with Gasteiger partial charge < -0.3 is 23.5 Å². The van der Waals surface area contributed by atoms with E-state index in [1.165, 1.54) is 43.6 Å². The minimum absolute atomic E-state index is 0.0284. The molecule has 0 aliphatic carbocycles. The molecular weight excluding hydrogens is 575 g/mol. The van der Waals surface area contributed by atoms with E-state index in [0.29, 0.717) is 18.4 Å². The van der Waals surface area contributed by atoms with Crippen molar-refractivity contribution >= 4 is 42.0 Å². The molecule has 1 heterocycles. The summed E-state index contributed by atoms with van der Waals surface area (Å²) in [5.74, 6) is -2.42. The number of carbonyl (C=O) groups is 2. The minimum atomic E-state index is -5.08. The third-order valence-electron chi connectivity index (χ3n) is 5.44. The third kappa shape index (κ3) is 11.1. The highest BCUT2D eigenvalue weighted by Crippen LogP contribution is 2.45. The normalized spacial score (nSPS) is 12.5. The summed E-state index contributed by atoms with van der Waals surface area (Å²) in [6.07, 6.45) is 0.815. The maximum Gasteiger partial charge on any atom is 0.524 e. The summed E-state index contributed by atoms with van der Waals surface area (Å²) < 4.78 is 40.3. The highest BCUT2D eigenvalue weighted by atomic mass is 31.2. The number of phosphoric ester groups is 1. The largest absolute Gasteiger partial charge is 0.524 e. The molecule has 1 aromatic heterocycles. The number of phosphoric acid groups is 1. The SMILES string of the molecule is COc1ccc(C(OCC[Si](C)(C)C)(OCC[Si](C)(C)C)OC(=O)Nc2cccnc2C=O)c(OP(=O)(O)O)c1. The van der Waals surface area contributed by atoms with E-state index in [1.807, 2.05) is 0 Å². The quantitative estimate of drug-likeness (QED) is 0.101. The van der Waals surface area contributed by atoms with Crippen molar-refractivity contribution in [3.05, 3.63) is 47.8 Å². The number of carbonyl (C=O) groups excluding carboxylic acids is 2. The first-order valence-electron chi connectivity index (χ1n) is 12.6. The molecule has 12 nitrogen and oxygen atoms in total. The molecule has 0 bridgehead atoms. The Morgan fingerprint density at radius 2 is 1.65 bits per heavy atom. The molecular formula is C25H39N2O10PSi2. The molecule has 0 unspecified atom stereocenters. The van der Waals surface area contributed by atoms with Crippen molar-refractivity contribution in [3.8, 4) is 11.5 Å². The topological polar surface area (TPSA) is 163 Å². The van der Waals surface area contributed by atoms with Crippen LogP contribution in [0.5, 0.6) is 11.5 Å². The van der Waals surface area contributed by atoms with E-state index in [0.717, 1.165) is 0 Å². The third-order valence-corrected chi connectivity index (χ3v) is 9.28. The Kier molecular flexibility index (Phi) is 11.6. The van der Waals surface area contributed by atoms with Crippen LogP contribution in [-0.2, 0) is 24.7 Å². The van der Waals surface area contributed by atoms with Crippen molar-refractivity contribution in [2.45, 2.75) is 57.3 Å². The number of pyridine rings is 1. The smallest absolute Gasteiger partial charge is 0.497 e. The first-order valence-corrected chi connectivity index (χ1v) is 21.5. The lowest BCUT2D eigenvalue weighted by Crippen LogP contribution is -2.42. The predicted octanol–water partition coefficient (Wildman–Crippen LogP) is 5.44. The number of nitrogens with one attached hydrogen (secondary N) is 1. The van der Waals surface area contributed by atoms with E-state index >= 15 is 0 Å². The van der Waals surface area contributed by atoms with Gasteiger partial charge in [-0.1, -0.05) is 39.3 Å². The highest BCUT2D eigenvalue weighted by molar-refractivity contribution is 7.46. The Balaban J connectivity index is 2.65. The Bertz CT molecular complexity index is 1190. The predicted molar refractivity (Wildman–Crippen MR) is 155 cm³/mol. The van der Waals surface area contributed by atoms with Gasteiger partial charge in [-0.3, -0.25) is 24.9 Å². The van der Waals surface area contributed by atoms with Crippen molar-refractivity contribution in [1.29, 1.82) is 0 Å². The average Bonchev–Trinajstić information content (AvgIpc) is 2.81. The van der Waals surface area contributed by atoms with Gasteiger partial charge in [0.25, 0.3) is 0 Å². The van der Waals surface area contributed by atoms with Crippen molar-refractivity contribution in [2.75, 3.05) is 25.6 Å². The molecule has 0 aliphatic heterocycles. The van der Waals surface area contributed by atoms with E-state index < -0.39 is 36.0 Å². The number of anilines is 1. The lowest BCUT2D eigenvalue weighted by atomic mass is 10.1. The van der Waals surface area contributed by atoms with E-state index in [-0.39, 0.29) is 41.7 Å². The number of methoxy groups -OCH3 is 1. The van der Waals surface area contributed by atoms with E-state index in [9.17, 15) is 23.9 Å². The van der Waals surface area contributed by atoms with Gasteiger partial charge in [-0.05, 0) is 36.4 Å². The van der Waals surface area contributed by atoms with Gasteiger partial charge in [-0.25, -0.2) is 9.36 Å². The van der Waals surface area contributed by atoms with E-state index in [1.54, 1.807) is 0 Å². The molecule has 0 saturated heterocycles. The fourth-order valence-electron chi connectivity index (χ4n) is 3.26. The standard InChI is InChI=1S/C25H39N2O10PSi2/c1-33-19-10-11-20(23(17-19)37-38(30,31)32)25(34-13-15-39(2,3)4,35-14-16-40(5,6)7)36-24(29)27-21-9-8-12-26-22(21)18-28/h8-12,17-18H,13-16H2,1-7H3,(H,27,29)(H2,30,31,32). The molecule has 15 heteroatoms. The number of hydrogen-bond acceptors (Lipinski definition) is 9. The zero-order valence-electron chi connectivity index (χ0n) is 23.9. The molecule has 1 aromatic carbocycles. The molecule has 0 fully saturated rings. The second-order valence-electron chi connectivity index (χ2n) is 11.4. The average molecular weight is 615 g/mol. The lowest BCUT2D eigenvalue weighted by molar-refractivity contribution is -0.364. The van der Waals surface area contributed by atoms with Crippen LogP contribution in [0.4, 0.5) is 10.5 Å². The van der Waals surface area contributed by atoms with Gasteiger partial charge in [0, 0.05) is 28.4 Å². The van der Waals surface area contributed by atoms with Crippen LogP contribution in [0.15, 0.2) is 36.5 Å². The fourth-order valence-corrected chi connectivity index (χ4v) is 5.09. The van der Waals surface area contributed by atoms with Gasteiger partial charge in [0.15, 0.2) is 6.29 Å². The number of rotatable bonds is 15. The van der Waals surface area contributed by atoms with Crippen LogP contribution in [0.2, 0.25) is 51.4 Å². The van der Waals surface area contributed by atoms with Crippen molar-refractivity contribution < 1.29 is 47.4 Å². The van der Waals surface area contributed by atoms with E-state index in [2.05, 4.69) is 49.6 Å². The fraction of sp³-hybridized carbons (Fsp3) is 0.480. The summed E-state index contributed by atoms with van der Waals surface area (Å²) >= 11 is 0. The van der Waals surface area contributed by atoms with Gasteiger partial charge in [0.05, 0.1) is 31.6 Å². The second kappa shape index (κ2) is 13.9. The Hall–Kier alpha value is -2.59. The van der Waals surface area contributed by atoms with Gasteiger partial charge in [0.1, 0.15) is 17.2 Å². The van der Waals surface area contributed by atoms with Crippen LogP contribution >= 0.6 is 7.82 Å². The summed E-state index contributed by atoms with van der Waals surface area (Å²) in [5, 5.41) is 2.47. The van der Waals surface area contributed by atoms with Gasteiger partial charge >= 0.3 is 19.9 Å². The van der Waals surface area contributed by atoms with Crippen LogP contribution in [0.3, 0.4) is 0 Å². The Morgan fingerprint density at radius 3 is 2.15 bits per heavy atom. The molecule has 0 atom stereocenters. The number of hydrogen-bond donors (Lipinski definition) is 3. The van der Waals surface area contributed by atoms with Crippen LogP contribution in [-0.4, -0.2) is 63.6 Å². The molecule has 1 amide bonds. The Morgan fingerprint density at radius 1 is 1.05 bits per heavy atom. The summed E-state index contributed by atoms with van der Waals surface area (Å²) in [6, 6.07) is 8.42. The van der Waals surface area contributed by atoms with Crippen LogP contribution in [0.1, 0.15) is 16.1 Å². The molecule has 3 N–H and O–H groups in total. The van der Waals surface area contributed by atoms with Crippen molar-refractivity contribution in [2.24, 2.45) is 0 Å². The number of amides is 1. The first kappa shape index (κ1) is 33.6. The number of benzene rings is 1. The lowest BCUT2D eigenvalue weighted by Gasteiger charge is -2.35. The number of aromatic nitrogens is 1. The molecule has 0 aliphatic rings.